The Bertz CT molecular complexity index is 912. The molecule has 0 saturated carbocycles. The van der Waals surface area contributed by atoms with Gasteiger partial charge in [-0.3, -0.25) is 14.5 Å². The Hall–Kier alpha value is -2.86. The number of Topliss-reactive ketones (excluding diaryl/α,β-unsaturated/α-hetero) is 1. The van der Waals surface area contributed by atoms with Crippen LogP contribution in [-0.2, 0) is 4.79 Å². The van der Waals surface area contributed by atoms with Crippen LogP contribution in [-0.4, -0.2) is 42.9 Å². The fourth-order valence-corrected chi connectivity index (χ4v) is 4.05. The first-order valence-corrected chi connectivity index (χ1v) is 10.2. The fraction of sp³-hybridized carbons (Fsp3) is 0.391. The summed E-state index contributed by atoms with van der Waals surface area (Å²) in [4.78, 5) is 26.7. The molecule has 2 aromatic carbocycles. The number of benzene rings is 2. The minimum Gasteiger partial charge on any atom is -0.490 e. The van der Waals surface area contributed by atoms with E-state index in [0.717, 1.165) is 42.9 Å². The van der Waals surface area contributed by atoms with Crippen molar-refractivity contribution in [1.29, 1.82) is 0 Å². The van der Waals surface area contributed by atoms with Crippen molar-refractivity contribution in [2.45, 2.75) is 32.2 Å². The summed E-state index contributed by atoms with van der Waals surface area (Å²) in [5.74, 6) is 1.40. The molecule has 0 aromatic heterocycles. The fourth-order valence-electron chi connectivity index (χ4n) is 4.05. The van der Waals surface area contributed by atoms with Gasteiger partial charge in [0.2, 0.25) is 5.91 Å². The Morgan fingerprint density at radius 2 is 1.86 bits per heavy atom. The number of hydrogen-bond donors (Lipinski definition) is 1. The van der Waals surface area contributed by atoms with Crippen molar-refractivity contribution in [3.05, 3.63) is 53.6 Å². The summed E-state index contributed by atoms with van der Waals surface area (Å²) in [5, 5.41) is 2.90. The van der Waals surface area contributed by atoms with Gasteiger partial charge in [-0.2, -0.15) is 0 Å². The lowest BCUT2D eigenvalue weighted by Crippen LogP contribution is -2.33. The molecule has 2 heterocycles. The van der Waals surface area contributed by atoms with Crippen molar-refractivity contribution in [2.24, 2.45) is 0 Å². The molecule has 4 rings (SSSR count). The highest BCUT2D eigenvalue weighted by Crippen LogP contribution is 2.37. The van der Waals surface area contributed by atoms with Crippen LogP contribution in [0.25, 0.3) is 0 Å². The number of hydrogen-bond acceptors (Lipinski definition) is 5. The second kappa shape index (κ2) is 8.66. The van der Waals surface area contributed by atoms with E-state index in [-0.39, 0.29) is 24.3 Å². The summed E-state index contributed by atoms with van der Waals surface area (Å²) in [6.45, 7) is 3.98. The Labute approximate surface area is 170 Å². The summed E-state index contributed by atoms with van der Waals surface area (Å²) in [5.41, 5.74) is 2.24. The zero-order chi connectivity index (χ0) is 20.2. The quantitative estimate of drug-likeness (QED) is 0.781. The van der Waals surface area contributed by atoms with Gasteiger partial charge in [-0.25, -0.2) is 0 Å². The number of nitrogens with zero attached hydrogens (tertiary/aromatic N) is 1. The predicted molar refractivity (Wildman–Crippen MR) is 111 cm³/mol. The van der Waals surface area contributed by atoms with Crippen LogP contribution in [0, 0.1) is 0 Å². The molecule has 152 valence electrons. The van der Waals surface area contributed by atoms with E-state index in [0.29, 0.717) is 24.5 Å². The lowest BCUT2D eigenvalue weighted by Gasteiger charge is -2.25. The average Bonchev–Trinajstić information content (AvgIpc) is 3.03. The number of likely N-dealkylation sites (tertiary alicyclic amines) is 1. The lowest BCUT2D eigenvalue weighted by molar-refractivity contribution is -0.117. The molecule has 6 heteroatoms. The van der Waals surface area contributed by atoms with Crippen LogP contribution in [0.15, 0.2) is 42.5 Å². The van der Waals surface area contributed by atoms with Gasteiger partial charge in [-0.05, 0) is 56.1 Å². The van der Waals surface area contributed by atoms with Crippen molar-refractivity contribution in [3.63, 3.8) is 0 Å². The van der Waals surface area contributed by atoms with E-state index < -0.39 is 0 Å². The highest BCUT2D eigenvalue weighted by Gasteiger charge is 2.29. The number of carbonyl (C=O) groups excluding carboxylic acids is 2. The first kappa shape index (κ1) is 19.5. The molecule has 1 N–H and O–H groups in total. The summed E-state index contributed by atoms with van der Waals surface area (Å²) in [6, 6.07) is 13.4. The van der Waals surface area contributed by atoms with Gasteiger partial charge in [0.1, 0.15) is 0 Å². The lowest BCUT2D eigenvalue weighted by atomic mass is 10.0. The van der Waals surface area contributed by atoms with Gasteiger partial charge in [0, 0.05) is 18.0 Å². The van der Waals surface area contributed by atoms with Gasteiger partial charge in [-0.15, -0.1) is 0 Å². The molecule has 0 bridgehead atoms. The van der Waals surface area contributed by atoms with Crippen LogP contribution in [0.2, 0.25) is 0 Å². The molecule has 0 aliphatic carbocycles. The van der Waals surface area contributed by atoms with Crippen molar-refractivity contribution >= 4 is 17.4 Å². The number of fused-ring (bicyclic) bond motifs is 1. The second-order valence-electron chi connectivity index (χ2n) is 7.54. The van der Waals surface area contributed by atoms with E-state index in [1.807, 2.05) is 18.2 Å². The molecule has 29 heavy (non-hydrogen) atoms. The SMILES string of the molecule is CC(=O)c1ccccc1NC(=O)CN1CCC[C@H]1c1ccc2c(c1)OCCCO2. The van der Waals surface area contributed by atoms with Crippen molar-refractivity contribution in [3.8, 4) is 11.5 Å². The Kier molecular flexibility index (Phi) is 5.81. The van der Waals surface area contributed by atoms with E-state index in [1.54, 1.807) is 18.2 Å². The van der Waals surface area contributed by atoms with Crippen LogP contribution in [0.4, 0.5) is 5.69 Å². The van der Waals surface area contributed by atoms with Crippen LogP contribution < -0.4 is 14.8 Å². The third-order valence-electron chi connectivity index (χ3n) is 5.45. The third-order valence-corrected chi connectivity index (χ3v) is 5.45. The highest BCUT2D eigenvalue weighted by molar-refractivity contribution is 6.04. The molecule has 2 aromatic rings. The first-order chi connectivity index (χ1) is 14.1. The average molecular weight is 394 g/mol. The van der Waals surface area contributed by atoms with Gasteiger partial charge < -0.3 is 14.8 Å². The van der Waals surface area contributed by atoms with Crippen LogP contribution in [0.5, 0.6) is 11.5 Å². The molecule has 0 unspecified atom stereocenters. The van der Waals surface area contributed by atoms with E-state index in [1.165, 1.54) is 6.92 Å². The highest BCUT2D eigenvalue weighted by atomic mass is 16.5. The molecule has 1 fully saturated rings. The Morgan fingerprint density at radius 3 is 2.69 bits per heavy atom. The minimum absolute atomic E-state index is 0.0628. The number of ketones is 1. The molecule has 1 atom stereocenters. The maximum atomic E-state index is 12.7. The van der Waals surface area contributed by atoms with Crippen LogP contribution in [0.3, 0.4) is 0 Å². The second-order valence-corrected chi connectivity index (χ2v) is 7.54. The number of rotatable bonds is 5. The third kappa shape index (κ3) is 4.43. The Balaban J connectivity index is 1.46. The zero-order valence-corrected chi connectivity index (χ0v) is 16.6. The molecule has 0 radical (unpaired) electrons. The zero-order valence-electron chi connectivity index (χ0n) is 16.6. The van der Waals surface area contributed by atoms with Gasteiger partial charge in [0.05, 0.1) is 25.4 Å². The maximum Gasteiger partial charge on any atom is 0.238 e. The minimum atomic E-state index is -0.111. The van der Waals surface area contributed by atoms with E-state index in [4.69, 9.17) is 9.47 Å². The monoisotopic (exact) mass is 394 g/mol. The van der Waals surface area contributed by atoms with E-state index in [9.17, 15) is 9.59 Å². The summed E-state index contributed by atoms with van der Waals surface area (Å²) in [6.07, 6.45) is 2.91. The molecule has 2 aliphatic rings. The van der Waals surface area contributed by atoms with Crippen LogP contribution >= 0.6 is 0 Å². The molecular formula is C23H26N2O4. The predicted octanol–water partition coefficient (Wildman–Crippen LogP) is 3.83. The molecule has 2 aliphatic heterocycles. The van der Waals surface area contributed by atoms with E-state index >= 15 is 0 Å². The number of ether oxygens (including phenoxy) is 2. The topological polar surface area (TPSA) is 67.9 Å². The summed E-state index contributed by atoms with van der Waals surface area (Å²) >= 11 is 0. The number of amides is 1. The summed E-state index contributed by atoms with van der Waals surface area (Å²) in [7, 11) is 0. The van der Waals surface area contributed by atoms with E-state index in [2.05, 4.69) is 16.3 Å². The van der Waals surface area contributed by atoms with Gasteiger partial charge in [0.25, 0.3) is 0 Å². The standard InChI is InChI=1S/C23H26N2O4/c1-16(26)18-6-2-3-7-19(18)24-23(27)15-25-11-4-8-20(25)17-9-10-21-22(14-17)29-13-5-12-28-21/h2-3,6-7,9-10,14,20H,4-5,8,11-13,15H2,1H3,(H,24,27)/t20-/m0/s1. The van der Waals surface area contributed by atoms with Gasteiger partial charge >= 0.3 is 0 Å². The summed E-state index contributed by atoms with van der Waals surface area (Å²) < 4.78 is 11.5. The van der Waals surface area contributed by atoms with Gasteiger partial charge in [0.15, 0.2) is 17.3 Å². The number of carbonyl (C=O) groups is 2. The first-order valence-electron chi connectivity index (χ1n) is 10.2. The molecule has 6 nitrogen and oxygen atoms in total. The smallest absolute Gasteiger partial charge is 0.238 e. The number of para-hydroxylation sites is 1. The molecular weight excluding hydrogens is 368 g/mol. The molecule has 1 saturated heterocycles. The molecule has 1 amide bonds. The maximum absolute atomic E-state index is 12.7. The van der Waals surface area contributed by atoms with Crippen molar-refractivity contribution < 1.29 is 19.1 Å². The van der Waals surface area contributed by atoms with Crippen LogP contribution in [0.1, 0.15) is 48.1 Å². The normalized spacial score (nSPS) is 18.9. The number of anilines is 1. The van der Waals surface area contributed by atoms with Gasteiger partial charge in [-0.1, -0.05) is 18.2 Å². The Morgan fingerprint density at radius 1 is 1.07 bits per heavy atom. The largest absolute Gasteiger partial charge is 0.490 e. The number of nitrogens with one attached hydrogen (secondary N) is 1. The molecule has 0 spiro atoms. The van der Waals surface area contributed by atoms with Crippen molar-refractivity contribution in [2.75, 3.05) is 31.6 Å². The van der Waals surface area contributed by atoms with Crippen molar-refractivity contribution in [1.82, 2.24) is 4.90 Å².